The fourth-order valence-electron chi connectivity index (χ4n) is 4.00. The predicted molar refractivity (Wildman–Crippen MR) is 137 cm³/mol. The van der Waals surface area contributed by atoms with Crippen molar-refractivity contribution in [2.24, 2.45) is 0 Å². The molecule has 4 N–H and O–H groups in total. The Morgan fingerprint density at radius 1 is 1.11 bits per heavy atom. The number of rotatable bonds is 7. The first-order chi connectivity index (χ1) is 16.8. The van der Waals surface area contributed by atoms with E-state index in [-0.39, 0.29) is 17.5 Å². The van der Waals surface area contributed by atoms with E-state index in [1.807, 2.05) is 39.0 Å². The van der Waals surface area contributed by atoms with Crippen LogP contribution in [0.3, 0.4) is 0 Å². The molecule has 4 rings (SSSR count). The van der Waals surface area contributed by atoms with E-state index in [9.17, 15) is 14.7 Å². The van der Waals surface area contributed by atoms with Gasteiger partial charge in [-0.2, -0.15) is 0 Å². The topological polar surface area (TPSA) is 119 Å². The van der Waals surface area contributed by atoms with Gasteiger partial charge in [0.15, 0.2) is 0 Å². The van der Waals surface area contributed by atoms with Crippen molar-refractivity contribution in [3.63, 3.8) is 0 Å². The zero-order valence-electron chi connectivity index (χ0n) is 20.1. The average molecular weight is 475 g/mol. The van der Waals surface area contributed by atoms with Gasteiger partial charge in [-0.15, -0.1) is 0 Å². The molecule has 0 radical (unpaired) electrons. The highest BCUT2D eigenvalue weighted by atomic mass is 16.4. The third kappa shape index (κ3) is 5.75. The van der Waals surface area contributed by atoms with Crippen LogP contribution in [0.1, 0.15) is 40.1 Å². The number of hydrogen-bond donors (Lipinski definition) is 4. The van der Waals surface area contributed by atoms with Gasteiger partial charge in [-0.25, -0.2) is 14.8 Å². The second-order valence-electron chi connectivity index (χ2n) is 8.80. The van der Waals surface area contributed by atoms with Crippen LogP contribution in [-0.4, -0.2) is 59.2 Å². The van der Waals surface area contributed by atoms with Gasteiger partial charge in [0.05, 0.1) is 11.3 Å². The minimum Gasteiger partial charge on any atom is -0.478 e. The summed E-state index contributed by atoms with van der Waals surface area (Å²) in [6.45, 7) is 8.91. The van der Waals surface area contributed by atoms with Crippen LogP contribution in [0.4, 0.5) is 17.3 Å². The van der Waals surface area contributed by atoms with Crippen LogP contribution in [-0.2, 0) is 0 Å². The summed E-state index contributed by atoms with van der Waals surface area (Å²) in [5, 5.41) is 19.2. The summed E-state index contributed by atoms with van der Waals surface area (Å²) in [5.41, 5.74) is 3.66. The van der Waals surface area contributed by atoms with Crippen LogP contribution in [0.5, 0.6) is 0 Å². The minimum atomic E-state index is -0.996. The highest BCUT2D eigenvalue weighted by Crippen LogP contribution is 2.27. The molecule has 1 fully saturated rings. The van der Waals surface area contributed by atoms with E-state index in [0.717, 1.165) is 43.0 Å². The smallest absolute Gasteiger partial charge is 0.335 e. The zero-order valence-corrected chi connectivity index (χ0v) is 20.1. The van der Waals surface area contributed by atoms with Crippen LogP contribution in [0.25, 0.3) is 11.3 Å². The zero-order chi connectivity index (χ0) is 24.9. The van der Waals surface area contributed by atoms with Crippen LogP contribution < -0.4 is 20.9 Å². The van der Waals surface area contributed by atoms with E-state index >= 15 is 0 Å². The number of nitrogens with zero attached hydrogens (tertiary/aromatic N) is 3. The molecule has 1 aromatic carbocycles. The van der Waals surface area contributed by atoms with E-state index in [4.69, 9.17) is 4.98 Å². The van der Waals surface area contributed by atoms with Gasteiger partial charge in [0.1, 0.15) is 11.6 Å². The molecule has 0 atom stereocenters. The Morgan fingerprint density at radius 2 is 1.89 bits per heavy atom. The van der Waals surface area contributed by atoms with Crippen LogP contribution in [0.15, 0.2) is 48.7 Å². The molecule has 0 spiro atoms. The van der Waals surface area contributed by atoms with Gasteiger partial charge >= 0.3 is 5.97 Å². The van der Waals surface area contributed by atoms with E-state index in [1.54, 1.807) is 30.5 Å². The first-order valence-corrected chi connectivity index (χ1v) is 11.7. The van der Waals surface area contributed by atoms with E-state index in [0.29, 0.717) is 22.9 Å². The molecule has 2 aromatic heterocycles. The lowest BCUT2D eigenvalue weighted by Crippen LogP contribution is -2.44. The number of anilines is 3. The van der Waals surface area contributed by atoms with Gasteiger partial charge in [0.25, 0.3) is 5.91 Å². The monoisotopic (exact) mass is 474 g/mol. The molecule has 0 saturated carbocycles. The number of pyridine rings is 2. The standard InChI is InChI=1S/C26H30N6O3/c1-16(2)29-25(33)20-5-4-6-21(17(20)3)30-23-14-18(7-8-28-23)22-13-19(26(34)35)15-24(31-22)32-11-9-27-10-12-32/h4-8,13-16,27H,9-12H2,1-3H3,(H,28,30)(H,29,33)(H,34,35). The molecular formula is C26H30N6O3. The minimum absolute atomic E-state index is 0.0389. The Morgan fingerprint density at radius 3 is 2.60 bits per heavy atom. The fraction of sp³-hybridized carbons (Fsp3) is 0.308. The molecule has 1 aliphatic heterocycles. The van der Waals surface area contributed by atoms with Crippen molar-refractivity contribution in [3.05, 3.63) is 65.4 Å². The highest BCUT2D eigenvalue weighted by molar-refractivity contribution is 5.97. The van der Waals surface area contributed by atoms with Gasteiger partial charge in [0.2, 0.25) is 0 Å². The molecule has 1 aliphatic rings. The number of amides is 1. The van der Waals surface area contributed by atoms with Gasteiger partial charge in [0, 0.05) is 55.2 Å². The number of carbonyl (C=O) groups is 2. The number of carboxylic acids is 1. The molecular weight excluding hydrogens is 444 g/mol. The van der Waals surface area contributed by atoms with Gasteiger partial charge < -0.3 is 26.0 Å². The summed E-state index contributed by atoms with van der Waals surface area (Å²) < 4.78 is 0. The maximum absolute atomic E-state index is 12.6. The van der Waals surface area contributed by atoms with Crippen molar-refractivity contribution in [2.45, 2.75) is 26.8 Å². The first-order valence-electron chi connectivity index (χ1n) is 11.7. The molecule has 3 heterocycles. The van der Waals surface area contributed by atoms with Crippen molar-refractivity contribution in [3.8, 4) is 11.3 Å². The third-order valence-corrected chi connectivity index (χ3v) is 5.82. The number of hydrogen-bond acceptors (Lipinski definition) is 7. The van der Waals surface area contributed by atoms with Crippen LogP contribution in [0.2, 0.25) is 0 Å². The fourth-order valence-corrected chi connectivity index (χ4v) is 4.00. The number of benzene rings is 1. The predicted octanol–water partition coefficient (Wildman–Crippen LogP) is 3.44. The molecule has 9 nitrogen and oxygen atoms in total. The summed E-state index contributed by atoms with van der Waals surface area (Å²) >= 11 is 0. The number of aromatic nitrogens is 2. The Balaban J connectivity index is 1.64. The normalized spacial score (nSPS) is 13.5. The number of aromatic carboxylic acids is 1. The molecule has 0 bridgehead atoms. The number of carboxylic acid groups (broad SMARTS) is 1. The van der Waals surface area contributed by atoms with Gasteiger partial charge in [-0.1, -0.05) is 6.07 Å². The van der Waals surface area contributed by atoms with Crippen molar-refractivity contribution < 1.29 is 14.7 Å². The summed E-state index contributed by atoms with van der Waals surface area (Å²) in [7, 11) is 0. The average Bonchev–Trinajstić information content (AvgIpc) is 2.85. The summed E-state index contributed by atoms with van der Waals surface area (Å²) in [4.78, 5) is 35.6. The Labute approximate surface area is 204 Å². The molecule has 1 saturated heterocycles. The number of nitrogens with one attached hydrogen (secondary N) is 3. The van der Waals surface area contributed by atoms with E-state index in [2.05, 4.69) is 25.8 Å². The molecule has 35 heavy (non-hydrogen) atoms. The second kappa shape index (κ2) is 10.5. The Kier molecular flexibility index (Phi) is 7.26. The molecule has 1 amide bonds. The van der Waals surface area contributed by atoms with E-state index in [1.165, 1.54) is 0 Å². The maximum Gasteiger partial charge on any atom is 0.335 e. The number of carbonyl (C=O) groups excluding carboxylic acids is 1. The van der Waals surface area contributed by atoms with E-state index < -0.39 is 5.97 Å². The summed E-state index contributed by atoms with van der Waals surface area (Å²) in [6.07, 6.45) is 1.65. The second-order valence-corrected chi connectivity index (χ2v) is 8.80. The largest absolute Gasteiger partial charge is 0.478 e. The van der Waals surface area contributed by atoms with Gasteiger partial charge in [-0.3, -0.25) is 4.79 Å². The SMILES string of the molecule is Cc1c(Nc2cc(-c3cc(C(=O)O)cc(N4CCNCC4)n3)ccn2)cccc1C(=O)NC(C)C. The number of piperazine rings is 1. The lowest BCUT2D eigenvalue weighted by atomic mass is 10.1. The Bertz CT molecular complexity index is 1240. The molecule has 9 heteroatoms. The lowest BCUT2D eigenvalue weighted by molar-refractivity contribution is 0.0696. The Hall–Kier alpha value is -3.98. The lowest BCUT2D eigenvalue weighted by Gasteiger charge is -2.29. The van der Waals surface area contributed by atoms with Crippen molar-refractivity contribution in [1.29, 1.82) is 0 Å². The maximum atomic E-state index is 12.6. The molecule has 0 aliphatic carbocycles. The quantitative estimate of drug-likeness (QED) is 0.411. The van der Waals surface area contributed by atoms with Crippen molar-refractivity contribution in [2.75, 3.05) is 36.4 Å². The van der Waals surface area contributed by atoms with Gasteiger partial charge in [-0.05, 0) is 62.7 Å². The first kappa shape index (κ1) is 24.2. The van der Waals surface area contributed by atoms with Crippen LogP contribution in [0, 0.1) is 6.92 Å². The van der Waals surface area contributed by atoms with Crippen LogP contribution >= 0.6 is 0 Å². The van der Waals surface area contributed by atoms with Crippen molar-refractivity contribution in [1.82, 2.24) is 20.6 Å². The summed E-state index contributed by atoms with van der Waals surface area (Å²) in [5.74, 6) is 0.0910. The molecule has 3 aromatic rings. The third-order valence-electron chi connectivity index (χ3n) is 5.82. The summed E-state index contributed by atoms with van der Waals surface area (Å²) in [6, 6.07) is 12.4. The van der Waals surface area contributed by atoms with Crippen molar-refractivity contribution >= 4 is 29.2 Å². The molecule has 182 valence electrons. The highest BCUT2D eigenvalue weighted by Gasteiger charge is 2.17. The molecule has 0 unspecified atom stereocenters.